The van der Waals surface area contributed by atoms with Gasteiger partial charge in [0.1, 0.15) is 10.0 Å². The second-order valence-electron chi connectivity index (χ2n) is 2.55. The second-order valence-corrected chi connectivity index (χ2v) is 3.61. The monoisotopic (exact) mass is 201 g/mol. The van der Waals surface area contributed by atoms with Crippen molar-refractivity contribution in [1.82, 2.24) is 4.98 Å². The van der Waals surface area contributed by atoms with Crippen molar-refractivity contribution in [2.45, 2.75) is 13.0 Å². The number of esters is 1. The Labute approximate surface area is 79.7 Å². The van der Waals surface area contributed by atoms with Crippen LogP contribution in [0.5, 0.6) is 0 Å². The molecule has 0 saturated heterocycles. The highest BCUT2D eigenvalue weighted by molar-refractivity contribution is 7.16. The van der Waals surface area contributed by atoms with Crippen LogP contribution in [0.25, 0.3) is 0 Å². The van der Waals surface area contributed by atoms with Crippen LogP contribution in [0.1, 0.15) is 28.5 Å². The topological polar surface area (TPSA) is 91.2 Å². The highest BCUT2D eigenvalue weighted by Crippen LogP contribution is 2.25. The summed E-state index contributed by atoms with van der Waals surface area (Å²) in [6, 6.07) is -0.217. The maximum Gasteiger partial charge on any atom is 0.359 e. The predicted molar refractivity (Wildman–Crippen MR) is 50.5 cm³/mol. The Kier molecular flexibility index (Phi) is 2.84. The van der Waals surface area contributed by atoms with Gasteiger partial charge in [-0.1, -0.05) is 11.3 Å². The molecule has 0 aliphatic carbocycles. The molecule has 13 heavy (non-hydrogen) atoms. The lowest BCUT2D eigenvalue weighted by molar-refractivity contribution is 0.0596. The first-order chi connectivity index (χ1) is 6.06. The van der Waals surface area contributed by atoms with E-state index >= 15 is 0 Å². The average Bonchev–Trinajstić information content (AvgIpc) is 2.46. The molecule has 1 aromatic rings. The molecule has 1 rings (SSSR count). The molecule has 4 N–H and O–H groups in total. The molecule has 6 heteroatoms. The number of thiazole rings is 1. The van der Waals surface area contributed by atoms with Crippen LogP contribution in [0.4, 0.5) is 5.00 Å². The summed E-state index contributed by atoms with van der Waals surface area (Å²) in [6.07, 6.45) is 0. The van der Waals surface area contributed by atoms with E-state index in [4.69, 9.17) is 11.5 Å². The van der Waals surface area contributed by atoms with Gasteiger partial charge in [0.2, 0.25) is 0 Å². The molecule has 0 fully saturated rings. The van der Waals surface area contributed by atoms with Crippen LogP contribution in [0.2, 0.25) is 0 Å². The first kappa shape index (κ1) is 9.94. The van der Waals surface area contributed by atoms with Crippen molar-refractivity contribution < 1.29 is 9.53 Å². The van der Waals surface area contributed by atoms with E-state index < -0.39 is 5.97 Å². The quantitative estimate of drug-likeness (QED) is 0.681. The number of nitrogen functional groups attached to an aromatic ring is 1. The van der Waals surface area contributed by atoms with Gasteiger partial charge in [0.25, 0.3) is 0 Å². The van der Waals surface area contributed by atoms with E-state index in [1.165, 1.54) is 18.4 Å². The molecule has 0 spiro atoms. The van der Waals surface area contributed by atoms with Crippen LogP contribution < -0.4 is 11.5 Å². The molecule has 0 saturated carbocycles. The fraction of sp³-hybridized carbons (Fsp3) is 0.429. The third-order valence-electron chi connectivity index (χ3n) is 1.44. The number of nitrogens with zero attached hydrogens (tertiary/aromatic N) is 1. The van der Waals surface area contributed by atoms with E-state index in [9.17, 15) is 4.79 Å². The maximum absolute atomic E-state index is 11.1. The number of hydrogen-bond donors (Lipinski definition) is 2. The lowest BCUT2D eigenvalue weighted by atomic mass is 10.4. The fourth-order valence-corrected chi connectivity index (χ4v) is 1.56. The third kappa shape index (κ3) is 1.96. The zero-order valence-corrected chi connectivity index (χ0v) is 8.22. The summed E-state index contributed by atoms with van der Waals surface area (Å²) in [5, 5.41) is 0.983. The summed E-state index contributed by atoms with van der Waals surface area (Å²) in [6.45, 7) is 1.78. The van der Waals surface area contributed by atoms with Gasteiger partial charge in [-0.25, -0.2) is 9.78 Å². The van der Waals surface area contributed by atoms with Crippen molar-refractivity contribution >= 4 is 22.3 Å². The standard InChI is InChI=1S/C7H11N3O2S/c1-3(8)6-10-4(5(9)13-6)7(11)12-2/h3H,8-9H2,1-2H3. The smallest absolute Gasteiger partial charge is 0.359 e. The first-order valence-electron chi connectivity index (χ1n) is 3.66. The van der Waals surface area contributed by atoms with Crippen molar-refractivity contribution in [1.29, 1.82) is 0 Å². The van der Waals surface area contributed by atoms with Gasteiger partial charge in [0.05, 0.1) is 13.2 Å². The molecule has 0 amide bonds. The molecule has 1 atom stereocenters. The highest BCUT2D eigenvalue weighted by atomic mass is 32.1. The number of hydrogen-bond acceptors (Lipinski definition) is 6. The van der Waals surface area contributed by atoms with E-state index in [0.29, 0.717) is 10.0 Å². The zero-order chi connectivity index (χ0) is 10.0. The lowest BCUT2D eigenvalue weighted by Gasteiger charge is -1.96. The molecule has 72 valence electrons. The van der Waals surface area contributed by atoms with Crippen molar-refractivity contribution in [2.24, 2.45) is 5.73 Å². The summed E-state index contributed by atoms with van der Waals surface area (Å²) in [5.74, 6) is -0.527. The summed E-state index contributed by atoms with van der Waals surface area (Å²) >= 11 is 1.21. The Bertz CT molecular complexity index is 322. The summed E-state index contributed by atoms with van der Waals surface area (Å²) in [4.78, 5) is 15.0. The van der Waals surface area contributed by atoms with Gasteiger partial charge in [-0.05, 0) is 6.92 Å². The Hall–Kier alpha value is -1.14. The average molecular weight is 201 g/mol. The molecule has 1 unspecified atom stereocenters. The molecule has 1 aromatic heterocycles. The van der Waals surface area contributed by atoms with E-state index in [2.05, 4.69) is 9.72 Å². The van der Waals surface area contributed by atoms with Crippen LogP contribution in [0, 0.1) is 0 Å². The van der Waals surface area contributed by atoms with Crippen molar-refractivity contribution in [2.75, 3.05) is 12.8 Å². The molecular weight excluding hydrogens is 190 g/mol. The molecule has 0 aliphatic heterocycles. The van der Waals surface area contributed by atoms with Gasteiger partial charge in [0.15, 0.2) is 5.69 Å². The van der Waals surface area contributed by atoms with Crippen molar-refractivity contribution in [3.63, 3.8) is 0 Å². The van der Waals surface area contributed by atoms with Gasteiger partial charge >= 0.3 is 5.97 Å². The number of nitrogens with two attached hydrogens (primary N) is 2. The lowest BCUT2D eigenvalue weighted by Crippen LogP contribution is -2.07. The minimum absolute atomic E-state index is 0.153. The molecule has 0 aromatic carbocycles. The number of carbonyl (C=O) groups is 1. The van der Waals surface area contributed by atoms with Crippen LogP contribution in [0.15, 0.2) is 0 Å². The minimum Gasteiger partial charge on any atom is -0.464 e. The number of rotatable bonds is 2. The maximum atomic E-state index is 11.1. The predicted octanol–water partition coefficient (Wildman–Crippen LogP) is 0.532. The van der Waals surface area contributed by atoms with Gasteiger partial charge in [-0.3, -0.25) is 0 Å². The first-order valence-corrected chi connectivity index (χ1v) is 4.48. The van der Waals surface area contributed by atoms with Gasteiger partial charge in [-0.2, -0.15) is 0 Å². The third-order valence-corrected chi connectivity index (χ3v) is 2.52. The van der Waals surface area contributed by atoms with Gasteiger partial charge < -0.3 is 16.2 Å². The number of carbonyl (C=O) groups excluding carboxylic acids is 1. The van der Waals surface area contributed by atoms with Crippen molar-refractivity contribution in [3.05, 3.63) is 10.7 Å². The zero-order valence-electron chi connectivity index (χ0n) is 7.40. The Morgan fingerprint density at radius 2 is 2.31 bits per heavy atom. The SMILES string of the molecule is COC(=O)c1nc(C(C)N)sc1N. The summed E-state index contributed by atoms with van der Waals surface area (Å²) < 4.78 is 4.49. The normalized spacial score (nSPS) is 12.5. The number of methoxy groups -OCH3 is 1. The van der Waals surface area contributed by atoms with Crippen LogP contribution in [-0.2, 0) is 4.74 Å². The van der Waals surface area contributed by atoms with E-state index in [-0.39, 0.29) is 11.7 Å². The van der Waals surface area contributed by atoms with Gasteiger partial charge in [-0.15, -0.1) is 0 Å². The largest absolute Gasteiger partial charge is 0.464 e. The number of anilines is 1. The highest BCUT2D eigenvalue weighted by Gasteiger charge is 2.17. The molecule has 5 nitrogen and oxygen atoms in total. The van der Waals surface area contributed by atoms with Crippen molar-refractivity contribution in [3.8, 4) is 0 Å². The second kappa shape index (κ2) is 3.71. The Balaban J connectivity index is 3.03. The molecule has 0 radical (unpaired) electrons. The van der Waals surface area contributed by atoms with E-state index in [1.54, 1.807) is 6.92 Å². The van der Waals surface area contributed by atoms with Crippen LogP contribution in [-0.4, -0.2) is 18.1 Å². The van der Waals surface area contributed by atoms with Crippen LogP contribution >= 0.6 is 11.3 Å². The van der Waals surface area contributed by atoms with E-state index in [1.807, 2.05) is 0 Å². The molecule has 0 aliphatic rings. The van der Waals surface area contributed by atoms with Gasteiger partial charge in [0, 0.05) is 0 Å². The number of ether oxygens (including phenoxy) is 1. The summed E-state index contributed by atoms with van der Waals surface area (Å²) in [5.41, 5.74) is 11.3. The molecule has 0 bridgehead atoms. The van der Waals surface area contributed by atoms with E-state index in [0.717, 1.165) is 0 Å². The van der Waals surface area contributed by atoms with Crippen LogP contribution in [0.3, 0.4) is 0 Å². The Morgan fingerprint density at radius 3 is 2.69 bits per heavy atom. The Morgan fingerprint density at radius 1 is 1.69 bits per heavy atom. The summed E-state index contributed by atoms with van der Waals surface area (Å²) in [7, 11) is 1.28. The fourth-order valence-electron chi connectivity index (χ4n) is 0.787. The molecular formula is C7H11N3O2S. The molecule has 1 heterocycles. The number of aromatic nitrogens is 1. The minimum atomic E-state index is -0.527.